The maximum absolute atomic E-state index is 12.5. The number of benzene rings is 3. The van der Waals surface area contributed by atoms with Crippen molar-refractivity contribution < 1.29 is 19.8 Å². The van der Waals surface area contributed by atoms with Gasteiger partial charge in [-0.1, -0.05) is 42.5 Å². The van der Waals surface area contributed by atoms with Gasteiger partial charge in [0.2, 0.25) is 0 Å². The summed E-state index contributed by atoms with van der Waals surface area (Å²) in [4.78, 5) is 25.0. The van der Waals surface area contributed by atoms with E-state index >= 15 is 0 Å². The summed E-state index contributed by atoms with van der Waals surface area (Å²) in [6.45, 7) is -0.215. The molecule has 3 aromatic carbocycles. The summed E-state index contributed by atoms with van der Waals surface area (Å²) in [6, 6.07) is 19.2. The third-order valence-electron chi connectivity index (χ3n) is 10.4. The van der Waals surface area contributed by atoms with Gasteiger partial charge in [0.05, 0.1) is 12.7 Å². The predicted octanol–water partition coefficient (Wildman–Crippen LogP) is 6.28. The monoisotopic (exact) mass is 522 g/mol. The van der Waals surface area contributed by atoms with E-state index in [0.29, 0.717) is 25.7 Å². The fourth-order valence-corrected chi connectivity index (χ4v) is 9.09. The number of aliphatic hydroxyl groups excluding tert-OH is 2. The number of ketones is 2. The summed E-state index contributed by atoms with van der Waals surface area (Å²) >= 11 is 0. The summed E-state index contributed by atoms with van der Waals surface area (Å²) in [5.74, 6) is 1.97. The van der Waals surface area contributed by atoms with Crippen LogP contribution >= 0.6 is 0 Å². The molecule has 202 valence electrons. The minimum Gasteiger partial charge on any atom is -0.394 e. The Morgan fingerprint density at radius 2 is 1.36 bits per heavy atom. The number of Topliss-reactive ketones (excluding diaryl/α,β-unsaturated/α-hetero) is 2. The van der Waals surface area contributed by atoms with Crippen LogP contribution in [0.15, 0.2) is 54.6 Å². The number of fused-ring (bicyclic) bond motifs is 1. The van der Waals surface area contributed by atoms with E-state index in [1.165, 1.54) is 55.2 Å². The number of rotatable bonds is 6. The molecule has 2 N–H and O–H groups in total. The molecule has 8 rings (SSSR count). The van der Waals surface area contributed by atoms with Gasteiger partial charge in [0, 0.05) is 19.3 Å². The van der Waals surface area contributed by atoms with Gasteiger partial charge in [-0.05, 0) is 119 Å². The van der Waals surface area contributed by atoms with Crippen molar-refractivity contribution in [2.45, 2.75) is 81.6 Å². The average Bonchev–Trinajstić information content (AvgIpc) is 2.92. The maximum Gasteiger partial charge on any atom is 0.147 e. The van der Waals surface area contributed by atoms with E-state index in [-0.39, 0.29) is 23.6 Å². The van der Waals surface area contributed by atoms with Crippen molar-refractivity contribution in [3.63, 3.8) is 0 Å². The highest BCUT2D eigenvalue weighted by Gasteiger charge is 2.52. The van der Waals surface area contributed by atoms with E-state index in [1.54, 1.807) is 0 Å². The first kappa shape index (κ1) is 25.2. The molecule has 0 heterocycles. The molecule has 0 amide bonds. The molecule has 0 saturated heterocycles. The van der Waals surface area contributed by atoms with Gasteiger partial charge in [-0.25, -0.2) is 0 Å². The smallest absolute Gasteiger partial charge is 0.147 e. The van der Waals surface area contributed by atoms with E-state index < -0.39 is 12.0 Å². The Kier molecular flexibility index (Phi) is 6.24. The van der Waals surface area contributed by atoms with Crippen LogP contribution in [0, 0.1) is 17.8 Å². The summed E-state index contributed by atoms with van der Waals surface area (Å²) in [7, 11) is 0. The van der Waals surface area contributed by atoms with Crippen LogP contribution in [0.4, 0.5) is 0 Å². The van der Waals surface area contributed by atoms with Crippen LogP contribution in [0.25, 0.3) is 21.9 Å². The SMILES string of the molecule is O=C1CCCC(=O)C1c1ccc2cc(-c3ccc(CC(O)CO)c(C45CC6CC(CC(C6)C4)C5)c3)ccc2c1. The molecule has 0 spiro atoms. The van der Waals surface area contributed by atoms with Crippen molar-refractivity contribution in [3.05, 3.63) is 71.3 Å². The Hall–Kier alpha value is -2.82. The highest BCUT2D eigenvalue weighted by molar-refractivity contribution is 6.10. The number of carbonyl (C=O) groups excluding carboxylic acids is 2. The second-order valence-electron chi connectivity index (χ2n) is 13.2. The molecule has 4 bridgehead atoms. The molecule has 1 unspecified atom stereocenters. The second kappa shape index (κ2) is 9.67. The van der Waals surface area contributed by atoms with E-state index in [4.69, 9.17) is 0 Å². The number of hydrogen-bond donors (Lipinski definition) is 2. The largest absolute Gasteiger partial charge is 0.394 e. The third-order valence-corrected chi connectivity index (χ3v) is 10.4. The number of hydrogen-bond acceptors (Lipinski definition) is 4. The first-order chi connectivity index (χ1) is 18.9. The number of carbonyl (C=O) groups is 2. The molecule has 0 radical (unpaired) electrons. The van der Waals surface area contributed by atoms with Gasteiger partial charge in [-0.3, -0.25) is 9.59 Å². The summed E-state index contributed by atoms with van der Waals surface area (Å²) in [5, 5.41) is 22.1. The summed E-state index contributed by atoms with van der Waals surface area (Å²) in [6.07, 6.45) is 9.34. The first-order valence-electron chi connectivity index (χ1n) is 14.9. The van der Waals surface area contributed by atoms with Crippen LogP contribution < -0.4 is 0 Å². The molecule has 5 saturated carbocycles. The Balaban J connectivity index is 1.26. The van der Waals surface area contributed by atoms with Gasteiger partial charge in [0.25, 0.3) is 0 Å². The summed E-state index contributed by atoms with van der Waals surface area (Å²) < 4.78 is 0. The lowest BCUT2D eigenvalue weighted by molar-refractivity contribution is -0.131. The van der Waals surface area contributed by atoms with Crippen molar-refractivity contribution in [2.24, 2.45) is 17.8 Å². The van der Waals surface area contributed by atoms with Gasteiger partial charge in [0.15, 0.2) is 0 Å². The minimum atomic E-state index is -0.735. The van der Waals surface area contributed by atoms with Crippen molar-refractivity contribution in [1.82, 2.24) is 0 Å². The van der Waals surface area contributed by atoms with Crippen LogP contribution in [0.3, 0.4) is 0 Å². The van der Waals surface area contributed by atoms with Crippen LogP contribution in [0.1, 0.15) is 80.4 Å². The Bertz CT molecular complexity index is 1400. The van der Waals surface area contributed by atoms with E-state index in [0.717, 1.165) is 39.7 Å². The molecule has 4 heteroatoms. The average molecular weight is 523 g/mol. The maximum atomic E-state index is 12.5. The molecule has 5 aliphatic carbocycles. The molecule has 0 aromatic heterocycles. The third kappa shape index (κ3) is 4.46. The second-order valence-corrected chi connectivity index (χ2v) is 13.2. The molecule has 39 heavy (non-hydrogen) atoms. The van der Waals surface area contributed by atoms with Gasteiger partial charge in [0.1, 0.15) is 17.5 Å². The van der Waals surface area contributed by atoms with Crippen molar-refractivity contribution >= 4 is 22.3 Å². The molecular weight excluding hydrogens is 484 g/mol. The van der Waals surface area contributed by atoms with Crippen LogP contribution in [0.2, 0.25) is 0 Å². The lowest BCUT2D eigenvalue weighted by atomic mass is 9.47. The molecule has 0 aliphatic heterocycles. The Morgan fingerprint density at radius 1 is 0.769 bits per heavy atom. The van der Waals surface area contributed by atoms with Gasteiger partial charge in [-0.2, -0.15) is 0 Å². The van der Waals surface area contributed by atoms with Crippen LogP contribution in [-0.2, 0) is 21.4 Å². The zero-order valence-corrected chi connectivity index (χ0v) is 22.6. The molecule has 5 fully saturated rings. The fraction of sp³-hybridized carbons (Fsp3) is 0.486. The zero-order valence-electron chi connectivity index (χ0n) is 22.6. The predicted molar refractivity (Wildman–Crippen MR) is 153 cm³/mol. The molecule has 3 aromatic rings. The zero-order chi connectivity index (χ0) is 26.7. The van der Waals surface area contributed by atoms with E-state index in [9.17, 15) is 19.8 Å². The molecular formula is C35H38O4. The fourth-order valence-electron chi connectivity index (χ4n) is 9.09. The summed E-state index contributed by atoms with van der Waals surface area (Å²) in [5.41, 5.74) is 5.94. The van der Waals surface area contributed by atoms with Gasteiger partial charge >= 0.3 is 0 Å². The lowest BCUT2D eigenvalue weighted by Crippen LogP contribution is -2.49. The molecule has 1 atom stereocenters. The minimum absolute atomic E-state index is 0.0471. The van der Waals surface area contributed by atoms with E-state index in [2.05, 4.69) is 42.5 Å². The van der Waals surface area contributed by atoms with Gasteiger partial charge < -0.3 is 10.2 Å². The Morgan fingerprint density at radius 3 is 2.03 bits per heavy atom. The number of aliphatic hydroxyl groups is 2. The van der Waals surface area contributed by atoms with Crippen LogP contribution in [0.5, 0.6) is 0 Å². The molecule has 4 nitrogen and oxygen atoms in total. The first-order valence-corrected chi connectivity index (χ1v) is 14.9. The van der Waals surface area contributed by atoms with Gasteiger partial charge in [-0.15, -0.1) is 0 Å². The molecule has 5 aliphatic rings. The van der Waals surface area contributed by atoms with Crippen molar-refractivity contribution in [3.8, 4) is 11.1 Å². The normalized spacial score (nSPS) is 29.3. The van der Waals surface area contributed by atoms with Crippen molar-refractivity contribution in [1.29, 1.82) is 0 Å². The Labute approximate surface area is 230 Å². The van der Waals surface area contributed by atoms with E-state index in [1.807, 2.05) is 12.1 Å². The highest BCUT2D eigenvalue weighted by Crippen LogP contribution is 2.61. The quantitative estimate of drug-likeness (QED) is 0.374. The topological polar surface area (TPSA) is 74.6 Å². The lowest BCUT2D eigenvalue weighted by Gasteiger charge is -2.57. The van der Waals surface area contributed by atoms with Crippen molar-refractivity contribution in [2.75, 3.05) is 6.61 Å². The highest BCUT2D eigenvalue weighted by atomic mass is 16.3. The standard InChI is InChI=1S/C35H38O4/c36-20-30(37)15-28-8-6-27(16-31(28)35-17-21-10-22(18-35)12-23(11-21)19-35)25-4-5-26-14-29(9-7-24(26)13-25)34-32(38)2-1-3-33(34)39/h4-9,13-14,16,21-23,30,34,36-37H,1-3,10-12,15,17-20H2. The van der Waals surface area contributed by atoms with Crippen LogP contribution in [-0.4, -0.2) is 34.5 Å².